The number of nitrogens with zero attached hydrogens (tertiary/aromatic N) is 2. The standard InChI is InChI=1S/C20H25N3O2/c1-2-16-3-5-17(6-4-16)19(23-11-13-25-14-12-23)15-22-20(24)18-7-9-21-10-8-18/h3-10,19H,2,11-15H2,1H3,(H,22,24). The van der Waals surface area contributed by atoms with Gasteiger partial charge in [-0.2, -0.15) is 0 Å². The zero-order valence-electron chi connectivity index (χ0n) is 14.6. The summed E-state index contributed by atoms with van der Waals surface area (Å²) in [4.78, 5) is 18.7. The second-order valence-electron chi connectivity index (χ2n) is 6.21. The quantitative estimate of drug-likeness (QED) is 0.878. The average Bonchev–Trinajstić information content (AvgIpc) is 2.70. The molecule has 5 heteroatoms. The first-order valence-electron chi connectivity index (χ1n) is 8.87. The molecule has 5 nitrogen and oxygen atoms in total. The van der Waals surface area contributed by atoms with Gasteiger partial charge in [0.25, 0.3) is 5.91 Å². The number of nitrogens with one attached hydrogen (secondary N) is 1. The van der Waals surface area contributed by atoms with Gasteiger partial charge in [0.2, 0.25) is 0 Å². The van der Waals surface area contributed by atoms with Crippen LogP contribution in [-0.4, -0.2) is 48.6 Å². The van der Waals surface area contributed by atoms with E-state index in [0.717, 1.165) is 32.7 Å². The van der Waals surface area contributed by atoms with Gasteiger partial charge < -0.3 is 10.1 Å². The van der Waals surface area contributed by atoms with Crippen molar-refractivity contribution in [2.24, 2.45) is 0 Å². The number of morpholine rings is 1. The van der Waals surface area contributed by atoms with Gasteiger partial charge in [0, 0.05) is 37.6 Å². The van der Waals surface area contributed by atoms with E-state index >= 15 is 0 Å². The number of carbonyl (C=O) groups excluding carboxylic acids is 1. The molecule has 1 aliphatic heterocycles. The number of rotatable bonds is 6. The number of aromatic nitrogens is 1. The lowest BCUT2D eigenvalue weighted by molar-refractivity contribution is 0.0162. The van der Waals surface area contributed by atoms with E-state index in [1.807, 2.05) is 0 Å². The number of ether oxygens (including phenoxy) is 1. The first-order valence-corrected chi connectivity index (χ1v) is 8.87. The number of aryl methyl sites for hydroxylation is 1. The van der Waals surface area contributed by atoms with Gasteiger partial charge in [0.15, 0.2) is 0 Å². The summed E-state index contributed by atoms with van der Waals surface area (Å²) in [5.41, 5.74) is 3.19. The van der Waals surface area contributed by atoms with Crippen LogP contribution in [0.25, 0.3) is 0 Å². The Bertz CT molecular complexity index is 667. The van der Waals surface area contributed by atoms with Crippen LogP contribution in [0.2, 0.25) is 0 Å². The Morgan fingerprint density at radius 3 is 2.48 bits per heavy atom. The summed E-state index contributed by atoms with van der Waals surface area (Å²) in [5.74, 6) is -0.0640. The van der Waals surface area contributed by atoms with Crippen molar-refractivity contribution < 1.29 is 9.53 Å². The van der Waals surface area contributed by atoms with E-state index in [4.69, 9.17) is 4.74 Å². The molecule has 1 aliphatic rings. The molecule has 1 aromatic heterocycles. The first kappa shape index (κ1) is 17.6. The van der Waals surface area contributed by atoms with Gasteiger partial charge in [-0.15, -0.1) is 0 Å². The highest BCUT2D eigenvalue weighted by Crippen LogP contribution is 2.22. The van der Waals surface area contributed by atoms with Crippen molar-refractivity contribution in [1.29, 1.82) is 0 Å². The molecule has 0 aliphatic carbocycles. The molecule has 1 amide bonds. The van der Waals surface area contributed by atoms with Crippen LogP contribution in [0.15, 0.2) is 48.8 Å². The second-order valence-corrected chi connectivity index (χ2v) is 6.21. The fourth-order valence-electron chi connectivity index (χ4n) is 3.12. The Kier molecular flexibility index (Phi) is 6.14. The van der Waals surface area contributed by atoms with E-state index < -0.39 is 0 Å². The zero-order valence-corrected chi connectivity index (χ0v) is 14.6. The highest BCUT2D eigenvalue weighted by molar-refractivity contribution is 5.93. The molecule has 1 saturated heterocycles. The molecule has 0 spiro atoms. The maximum atomic E-state index is 12.4. The van der Waals surface area contributed by atoms with Crippen LogP contribution in [0.1, 0.15) is 34.5 Å². The van der Waals surface area contributed by atoms with Crippen LogP contribution >= 0.6 is 0 Å². The molecule has 2 heterocycles. The van der Waals surface area contributed by atoms with Crippen LogP contribution < -0.4 is 5.32 Å². The van der Waals surface area contributed by atoms with E-state index in [1.54, 1.807) is 24.5 Å². The maximum Gasteiger partial charge on any atom is 0.251 e. The number of benzene rings is 1. The topological polar surface area (TPSA) is 54.5 Å². The monoisotopic (exact) mass is 339 g/mol. The SMILES string of the molecule is CCc1ccc(C(CNC(=O)c2ccncc2)N2CCOCC2)cc1. The van der Waals surface area contributed by atoms with Crippen molar-refractivity contribution in [1.82, 2.24) is 15.2 Å². The first-order chi connectivity index (χ1) is 12.3. The second kappa shape index (κ2) is 8.74. The number of pyridine rings is 1. The van der Waals surface area contributed by atoms with E-state index in [2.05, 4.69) is 46.4 Å². The van der Waals surface area contributed by atoms with Gasteiger partial charge in [-0.25, -0.2) is 0 Å². The Labute approximate surface area is 149 Å². The Morgan fingerprint density at radius 2 is 1.84 bits per heavy atom. The Balaban J connectivity index is 1.72. The summed E-state index contributed by atoms with van der Waals surface area (Å²) in [5, 5.41) is 3.07. The highest BCUT2D eigenvalue weighted by Gasteiger charge is 2.23. The van der Waals surface area contributed by atoms with E-state index in [1.165, 1.54) is 11.1 Å². The molecule has 132 valence electrons. The normalized spacial score (nSPS) is 16.4. The number of hydrogen-bond acceptors (Lipinski definition) is 4. The minimum absolute atomic E-state index is 0.0640. The van der Waals surface area contributed by atoms with Crippen LogP contribution in [0, 0.1) is 0 Å². The van der Waals surface area contributed by atoms with Crippen molar-refractivity contribution in [3.63, 3.8) is 0 Å². The van der Waals surface area contributed by atoms with Gasteiger partial charge in [0.1, 0.15) is 0 Å². The summed E-state index contributed by atoms with van der Waals surface area (Å²) in [6.45, 7) is 5.97. The number of hydrogen-bond donors (Lipinski definition) is 1. The van der Waals surface area contributed by atoms with Crippen molar-refractivity contribution in [3.8, 4) is 0 Å². The zero-order chi connectivity index (χ0) is 17.5. The number of amides is 1. The van der Waals surface area contributed by atoms with E-state index in [-0.39, 0.29) is 11.9 Å². The fraction of sp³-hybridized carbons (Fsp3) is 0.400. The molecule has 1 unspecified atom stereocenters. The summed E-state index contributed by atoms with van der Waals surface area (Å²) in [6.07, 6.45) is 4.30. The molecule has 0 saturated carbocycles. The molecular formula is C20H25N3O2. The minimum Gasteiger partial charge on any atom is -0.379 e. The molecule has 2 aromatic rings. The summed E-state index contributed by atoms with van der Waals surface area (Å²) in [7, 11) is 0. The number of carbonyl (C=O) groups is 1. The van der Waals surface area contributed by atoms with Gasteiger partial charge in [0.05, 0.1) is 19.3 Å². The summed E-state index contributed by atoms with van der Waals surface area (Å²) >= 11 is 0. The van der Waals surface area contributed by atoms with Gasteiger partial charge in [-0.1, -0.05) is 31.2 Å². The van der Waals surface area contributed by atoms with E-state index in [9.17, 15) is 4.79 Å². The predicted octanol–water partition coefficient (Wildman–Crippen LogP) is 2.45. The van der Waals surface area contributed by atoms with Gasteiger partial charge >= 0.3 is 0 Å². The van der Waals surface area contributed by atoms with Crippen molar-refractivity contribution in [2.75, 3.05) is 32.8 Å². The third-order valence-electron chi connectivity index (χ3n) is 4.66. The molecular weight excluding hydrogens is 314 g/mol. The molecule has 3 rings (SSSR count). The van der Waals surface area contributed by atoms with Gasteiger partial charge in [-0.05, 0) is 29.7 Å². The predicted molar refractivity (Wildman–Crippen MR) is 97.5 cm³/mol. The lowest BCUT2D eigenvalue weighted by Gasteiger charge is -2.35. The Hall–Kier alpha value is -2.24. The van der Waals surface area contributed by atoms with Crippen molar-refractivity contribution in [2.45, 2.75) is 19.4 Å². The third kappa shape index (κ3) is 4.65. The molecule has 0 bridgehead atoms. The largest absolute Gasteiger partial charge is 0.379 e. The van der Waals surface area contributed by atoms with Crippen LogP contribution in [-0.2, 0) is 11.2 Å². The van der Waals surface area contributed by atoms with Crippen molar-refractivity contribution in [3.05, 3.63) is 65.5 Å². The Morgan fingerprint density at radius 1 is 1.16 bits per heavy atom. The average molecular weight is 339 g/mol. The van der Waals surface area contributed by atoms with Crippen molar-refractivity contribution >= 4 is 5.91 Å². The summed E-state index contributed by atoms with van der Waals surface area (Å²) in [6, 6.07) is 12.3. The minimum atomic E-state index is -0.0640. The van der Waals surface area contributed by atoms with Crippen LogP contribution in [0.3, 0.4) is 0 Å². The molecule has 1 atom stereocenters. The smallest absolute Gasteiger partial charge is 0.251 e. The lowest BCUT2D eigenvalue weighted by Crippen LogP contribution is -2.43. The lowest BCUT2D eigenvalue weighted by atomic mass is 10.0. The summed E-state index contributed by atoms with van der Waals surface area (Å²) < 4.78 is 5.48. The van der Waals surface area contributed by atoms with Crippen LogP contribution in [0.4, 0.5) is 0 Å². The highest BCUT2D eigenvalue weighted by atomic mass is 16.5. The molecule has 1 fully saturated rings. The molecule has 0 radical (unpaired) electrons. The molecule has 25 heavy (non-hydrogen) atoms. The fourth-order valence-corrected chi connectivity index (χ4v) is 3.12. The molecule has 1 aromatic carbocycles. The van der Waals surface area contributed by atoms with Crippen LogP contribution in [0.5, 0.6) is 0 Å². The third-order valence-corrected chi connectivity index (χ3v) is 4.66. The maximum absolute atomic E-state index is 12.4. The molecule has 1 N–H and O–H groups in total. The van der Waals surface area contributed by atoms with E-state index in [0.29, 0.717) is 12.1 Å². The van der Waals surface area contributed by atoms with Gasteiger partial charge in [-0.3, -0.25) is 14.7 Å².